The molecule has 3 N–H and O–H groups in total. The molecule has 0 bridgehead atoms. The van der Waals surface area contributed by atoms with E-state index in [0.29, 0.717) is 9.32 Å². The molecular formula is C13H13ClN2O2S3. The number of hydrogen-bond acceptors (Lipinski definition) is 4. The molecule has 1 aromatic carbocycles. The van der Waals surface area contributed by atoms with Crippen LogP contribution in [0.5, 0.6) is 0 Å². The van der Waals surface area contributed by atoms with E-state index in [2.05, 4.69) is 4.72 Å². The van der Waals surface area contributed by atoms with Crippen molar-refractivity contribution in [3.63, 3.8) is 0 Å². The highest BCUT2D eigenvalue weighted by Gasteiger charge is 2.18. The van der Waals surface area contributed by atoms with Crippen LogP contribution in [-0.2, 0) is 16.6 Å². The molecule has 4 nitrogen and oxygen atoms in total. The molecule has 0 unspecified atom stereocenters. The van der Waals surface area contributed by atoms with Gasteiger partial charge in [0, 0.05) is 12.1 Å². The summed E-state index contributed by atoms with van der Waals surface area (Å²) in [7, 11) is -3.55. The summed E-state index contributed by atoms with van der Waals surface area (Å²) in [6.07, 6.45) is 0. The van der Waals surface area contributed by atoms with Gasteiger partial charge in [0.05, 0.1) is 4.34 Å². The number of hydrogen-bond donors (Lipinski definition) is 2. The van der Waals surface area contributed by atoms with Crippen molar-refractivity contribution < 1.29 is 8.42 Å². The molecule has 2 rings (SSSR count). The van der Waals surface area contributed by atoms with Crippen LogP contribution >= 0.6 is 35.2 Å². The summed E-state index contributed by atoms with van der Waals surface area (Å²) in [5.74, 6) is 0. The quantitative estimate of drug-likeness (QED) is 0.804. The number of benzene rings is 1. The second-order valence-electron chi connectivity index (χ2n) is 4.41. The van der Waals surface area contributed by atoms with Crippen LogP contribution in [-0.4, -0.2) is 13.4 Å². The van der Waals surface area contributed by atoms with E-state index >= 15 is 0 Å². The minimum Gasteiger partial charge on any atom is -0.389 e. The molecule has 0 saturated carbocycles. The number of sulfonamides is 1. The van der Waals surface area contributed by atoms with Gasteiger partial charge in [0.15, 0.2) is 0 Å². The van der Waals surface area contributed by atoms with Gasteiger partial charge in [-0.2, -0.15) is 0 Å². The summed E-state index contributed by atoms with van der Waals surface area (Å²) < 4.78 is 27.5. The number of nitrogens with two attached hydrogens (primary N) is 1. The van der Waals surface area contributed by atoms with Crippen LogP contribution in [0.1, 0.15) is 16.7 Å². The molecule has 0 fully saturated rings. The topological polar surface area (TPSA) is 72.2 Å². The molecular weight excluding hydrogens is 348 g/mol. The summed E-state index contributed by atoms with van der Waals surface area (Å²) >= 11 is 11.8. The second-order valence-corrected chi connectivity index (χ2v) is 8.50. The van der Waals surface area contributed by atoms with Crippen molar-refractivity contribution >= 4 is 50.2 Å². The molecule has 1 aromatic heterocycles. The summed E-state index contributed by atoms with van der Waals surface area (Å²) in [6.45, 7) is 1.96. The number of nitrogens with one attached hydrogen (secondary N) is 1. The zero-order valence-electron chi connectivity index (χ0n) is 11.1. The number of rotatable bonds is 5. The van der Waals surface area contributed by atoms with Gasteiger partial charge in [0.25, 0.3) is 0 Å². The maximum atomic E-state index is 12.1. The fraction of sp³-hybridized carbons (Fsp3) is 0.154. The lowest BCUT2D eigenvalue weighted by Gasteiger charge is -2.06. The third-order valence-corrected chi connectivity index (χ3v) is 6.47. The Hall–Kier alpha value is -0.990. The van der Waals surface area contributed by atoms with E-state index in [1.54, 1.807) is 37.3 Å². The Morgan fingerprint density at radius 1 is 1.38 bits per heavy atom. The highest BCUT2D eigenvalue weighted by Crippen LogP contribution is 2.29. The summed E-state index contributed by atoms with van der Waals surface area (Å²) in [5, 5.41) is 0. The summed E-state index contributed by atoms with van der Waals surface area (Å²) in [4.78, 5) is 0.311. The molecule has 0 atom stereocenters. The molecule has 2 aromatic rings. The van der Waals surface area contributed by atoms with Gasteiger partial charge in [-0.3, -0.25) is 0 Å². The van der Waals surface area contributed by atoms with Gasteiger partial charge in [-0.25, -0.2) is 13.1 Å². The maximum Gasteiger partial charge on any atom is 0.250 e. The highest BCUT2D eigenvalue weighted by molar-refractivity contribution is 7.91. The molecule has 8 heteroatoms. The number of aryl methyl sites for hydroxylation is 1. The van der Waals surface area contributed by atoms with E-state index in [0.717, 1.165) is 28.0 Å². The van der Waals surface area contributed by atoms with Crippen molar-refractivity contribution in [2.24, 2.45) is 5.73 Å². The molecule has 0 aliphatic heterocycles. The predicted octanol–water partition coefficient (Wildman–Crippen LogP) is 2.82. The van der Waals surface area contributed by atoms with Crippen LogP contribution in [0.2, 0.25) is 4.34 Å². The van der Waals surface area contributed by atoms with Gasteiger partial charge < -0.3 is 5.73 Å². The number of thiocarbonyl (C=S) groups is 1. The Labute approximate surface area is 138 Å². The van der Waals surface area contributed by atoms with E-state index in [4.69, 9.17) is 29.6 Å². The molecule has 1 heterocycles. The summed E-state index contributed by atoms with van der Waals surface area (Å²) in [5.41, 5.74) is 7.83. The van der Waals surface area contributed by atoms with Crippen molar-refractivity contribution in [2.75, 3.05) is 0 Å². The van der Waals surface area contributed by atoms with Gasteiger partial charge in [-0.05, 0) is 24.1 Å². The average molecular weight is 361 g/mol. The van der Waals surface area contributed by atoms with Gasteiger partial charge >= 0.3 is 0 Å². The molecule has 0 spiro atoms. The van der Waals surface area contributed by atoms with Gasteiger partial charge in [-0.15, -0.1) is 11.3 Å². The monoisotopic (exact) mass is 360 g/mol. The molecule has 0 aliphatic carbocycles. The fourth-order valence-electron chi connectivity index (χ4n) is 1.60. The molecule has 112 valence electrons. The van der Waals surface area contributed by atoms with Crippen LogP contribution in [0.25, 0.3) is 0 Å². The average Bonchev–Trinajstić information content (AvgIpc) is 2.78. The fourth-order valence-corrected chi connectivity index (χ4v) is 4.51. The second kappa shape index (κ2) is 6.41. The van der Waals surface area contributed by atoms with Crippen molar-refractivity contribution in [2.45, 2.75) is 17.7 Å². The van der Waals surface area contributed by atoms with E-state index in [-0.39, 0.29) is 10.8 Å². The Morgan fingerprint density at radius 3 is 2.48 bits per heavy atom. The first-order valence-corrected chi connectivity index (χ1v) is 9.02. The Balaban J connectivity index is 2.09. The minimum absolute atomic E-state index is 0.189. The first kappa shape index (κ1) is 16.4. The zero-order chi connectivity index (χ0) is 15.6. The normalized spacial score (nSPS) is 11.5. The largest absolute Gasteiger partial charge is 0.389 e. The lowest BCUT2D eigenvalue weighted by atomic mass is 10.1. The van der Waals surface area contributed by atoms with Crippen molar-refractivity contribution in [1.82, 2.24) is 4.72 Å². The summed E-state index contributed by atoms with van der Waals surface area (Å²) in [6, 6.07) is 8.65. The molecule has 0 aliphatic rings. The standard InChI is InChI=1S/C13H13ClN2O2S3/c1-8-6-11(20-12(8)14)21(17,18)16-7-9-2-4-10(5-3-9)13(15)19/h2-6,16H,7H2,1H3,(H2,15,19). The molecule has 0 amide bonds. The number of thiophene rings is 1. The van der Waals surface area contributed by atoms with Crippen LogP contribution in [0, 0.1) is 6.92 Å². The molecule has 0 saturated heterocycles. The third kappa shape index (κ3) is 4.02. The molecule has 0 radical (unpaired) electrons. The van der Waals surface area contributed by atoms with Crippen molar-refractivity contribution in [3.8, 4) is 0 Å². The van der Waals surface area contributed by atoms with Crippen LogP contribution in [0.3, 0.4) is 0 Å². The lowest BCUT2D eigenvalue weighted by molar-refractivity contribution is 0.583. The third-order valence-electron chi connectivity index (χ3n) is 2.80. The maximum absolute atomic E-state index is 12.1. The minimum atomic E-state index is -3.55. The first-order chi connectivity index (χ1) is 9.79. The van der Waals surface area contributed by atoms with Gasteiger partial charge in [0.1, 0.15) is 9.20 Å². The van der Waals surface area contributed by atoms with E-state index < -0.39 is 10.0 Å². The van der Waals surface area contributed by atoms with Gasteiger partial charge in [-0.1, -0.05) is 48.1 Å². The highest BCUT2D eigenvalue weighted by atomic mass is 35.5. The van der Waals surface area contributed by atoms with Crippen LogP contribution in [0.15, 0.2) is 34.5 Å². The number of halogens is 1. The van der Waals surface area contributed by atoms with Crippen LogP contribution < -0.4 is 10.5 Å². The van der Waals surface area contributed by atoms with Crippen LogP contribution in [0.4, 0.5) is 0 Å². The van der Waals surface area contributed by atoms with E-state index in [1.165, 1.54) is 0 Å². The van der Waals surface area contributed by atoms with Gasteiger partial charge in [0.2, 0.25) is 10.0 Å². The predicted molar refractivity (Wildman–Crippen MR) is 90.4 cm³/mol. The Bertz CT molecular complexity index is 748. The first-order valence-electron chi connectivity index (χ1n) is 5.94. The van der Waals surface area contributed by atoms with Crippen molar-refractivity contribution in [1.29, 1.82) is 0 Å². The lowest BCUT2D eigenvalue weighted by Crippen LogP contribution is -2.22. The Kier molecular flexibility index (Phi) is 5.00. The molecule has 21 heavy (non-hydrogen) atoms. The zero-order valence-corrected chi connectivity index (χ0v) is 14.3. The van der Waals surface area contributed by atoms with E-state index in [1.807, 2.05) is 0 Å². The van der Waals surface area contributed by atoms with E-state index in [9.17, 15) is 8.42 Å². The SMILES string of the molecule is Cc1cc(S(=O)(=O)NCc2ccc(C(N)=S)cc2)sc1Cl. The van der Waals surface area contributed by atoms with Crippen molar-refractivity contribution in [3.05, 3.63) is 51.4 Å². The Morgan fingerprint density at radius 2 is 2.00 bits per heavy atom. The smallest absolute Gasteiger partial charge is 0.250 e.